The quantitative estimate of drug-likeness (QED) is 0.671. The Balaban J connectivity index is 2.33. The van der Waals surface area contributed by atoms with Crippen molar-refractivity contribution in [1.29, 1.82) is 0 Å². The van der Waals surface area contributed by atoms with Gasteiger partial charge >= 0.3 is 0 Å². The first-order valence-corrected chi connectivity index (χ1v) is 5.16. The molecule has 0 saturated heterocycles. The molecule has 2 heteroatoms. The van der Waals surface area contributed by atoms with E-state index in [1.54, 1.807) is 0 Å². The van der Waals surface area contributed by atoms with Crippen molar-refractivity contribution in [3.05, 3.63) is 29.0 Å². The second kappa shape index (κ2) is 5.23. The topological polar surface area (TPSA) is 12.9 Å². The van der Waals surface area contributed by atoms with E-state index in [-0.39, 0.29) is 0 Å². The van der Waals surface area contributed by atoms with E-state index in [2.05, 4.69) is 24.9 Å². The highest BCUT2D eigenvalue weighted by molar-refractivity contribution is 6.29. The van der Waals surface area contributed by atoms with Gasteiger partial charge in [0, 0.05) is 6.20 Å². The molecule has 0 bridgehead atoms. The van der Waals surface area contributed by atoms with Gasteiger partial charge in [0.25, 0.3) is 0 Å². The molecule has 1 aromatic heterocycles. The zero-order chi connectivity index (χ0) is 9.68. The van der Waals surface area contributed by atoms with Gasteiger partial charge in [0.1, 0.15) is 5.15 Å². The average Bonchev–Trinajstić information content (AvgIpc) is 2.08. The van der Waals surface area contributed by atoms with Crippen LogP contribution in [-0.2, 0) is 6.42 Å². The molecule has 1 rings (SSSR count). The van der Waals surface area contributed by atoms with Gasteiger partial charge in [-0.1, -0.05) is 37.9 Å². The summed E-state index contributed by atoms with van der Waals surface area (Å²) in [6.45, 7) is 4.50. The van der Waals surface area contributed by atoms with Crippen molar-refractivity contribution in [2.45, 2.75) is 33.1 Å². The van der Waals surface area contributed by atoms with E-state index >= 15 is 0 Å². The number of aromatic nitrogens is 1. The van der Waals surface area contributed by atoms with E-state index in [0.717, 1.165) is 12.3 Å². The van der Waals surface area contributed by atoms with Crippen LogP contribution in [0.3, 0.4) is 0 Å². The minimum Gasteiger partial charge on any atom is -0.244 e. The number of aryl methyl sites for hydroxylation is 1. The molecule has 0 spiro atoms. The molecule has 1 nitrogen and oxygen atoms in total. The van der Waals surface area contributed by atoms with Crippen LogP contribution in [0.2, 0.25) is 5.15 Å². The summed E-state index contributed by atoms with van der Waals surface area (Å²) in [7, 11) is 0. The molecule has 0 fully saturated rings. The zero-order valence-corrected chi connectivity index (χ0v) is 9.01. The summed E-state index contributed by atoms with van der Waals surface area (Å²) in [6, 6.07) is 3.90. The van der Waals surface area contributed by atoms with Crippen molar-refractivity contribution >= 4 is 11.6 Å². The molecule has 0 N–H and O–H groups in total. The zero-order valence-electron chi connectivity index (χ0n) is 8.26. The van der Waals surface area contributed by atoms with Gasteiger partial charge in [-0.2, -0.15) is 0 Å². The number of rotatable bonds is 4. The second-order valence-corrected chi connectivity index (χ2v) is 4.16. The maximum Gasteiger partial charge on any atom is 0.129 e. The van der Waals surface area contributed by atoms with Gasteiger partial charge in [-0.05, 0) is 30.4 Å². The molecule has 0 saturated carbocycles. The third-order valence-electron chi connectivity index (χ3n) is 2.04. The summed E-state index contributed by atoms with van der Waals surface area (Å²) in [5.74, 6) is 0.792. The predicted molar refractivity (Wildman–Crippen MR) is 57.0 cm³/mol. The van der Waals surface area contributed by atoms with Crippen LogP contribution >= 0.6 is 11.6 Å². The summed E-state index contributed by atoms with van der Waals surface area (Å²) >= 11 is 5.69. The molecule has 0 aromatic carbocycles. The van der Waals surface area contributed by atoms with Crippen LogP contribution in [0.4, 0.5) is 0 Å². The number of pyridine rings is 1. The smallest absolute Gasteiger partial charge is 0.129 e. The van der Waals surface area contributed by atoms with E-state index < -0.39 is 0 Å². The van der Waals surface area contributed by atoms with Crippen molar-refractivity contribution in [2.75, 3.05) is 0 Å². The van der Waals surface area contributed by atoms with E-state index in [0.29, 0.717) is 5.15 Å². The Morgan fingerprint density at radius 2 is 2.15 bits per heavy atom. The third-order valence-corrected chi connectivity index (χ3v) is 2.26. The summed E-state index contributed by atoms with van der Waals surface area (Å²) in [5.41, 5.74) is 1.28. The van der Waals surface area contributed by atoms with Gasteiger partial charge in [-0.25, -0.2) is 4.98 Å². The Labute approximate surface area is 85.1 Å². The summed E-state index contributed by atoms with van der Waals surface area (Å²) in [4.78, 5) is 4.04. The molecule has 1 aromatic rings. The SMILES string of the molecule is CC(C)CCCc1ccc(Cl)nc1. The molecule has 13 heavy (non-hydrogen) atoms. The fourth-order valence-electron chi connectivity index (χ4n) is 1.27. The first kappa shape index (κ1) is 10.5. The van der Waals surface area contributed by atoms with Crippen molar-refractivity contribution in [3.8, 4) is 0 Å². The molecule has 0 aliphatic rings. The van der Waals surface area contributed by atoms with Crippen molar-refractivity contribution in [3.63, 3.8) is 0 Å². The van der Waals surface area contributed by atoms with Crippen LogP contribution < -0.4 is 0 Å². The Kier molecular flexibility index (Phi) is 4.23. The Hall–Kier alpha value is -0.560. The van der Waals surface area contributed by atoms with Crippen LogP contribution in [0.25, 0.3) is 0 Å². The highest BCUT2D eigenvalue weighted by Crippen LogP contribution is 2.10. The lowest BCUT2D eigenvalue weighted by Gasteiger charge is -2.03. The summed E-state index contributed by atoms with van der Waals surface area (Å²) < 4.78 is 0. The first-order chi connectivity index (χ1) is 6.18. The van der Waals surface area contributed by atoms with Gasteiger partial charge in [0.2, 0.25) is 0 Å². The predicted octanol–water partition coefficient (Wildman–Crippen LogP) is 3.71. The molecule has 0 radical (unpaired) electrons. The first-order valence-electron chi connectivity index (χ1n) is 4.79. The van der Waals surface area contributed by atoms with Crippen molar-refractivity contribution in [1.82, 2.24) is 4.98 Å². The number of halogens is 1. The van der Waals surface area contributed by atoms with Crippen LogP contribution in [0.1, 0.15) is 32.3 Å². The molecular formula is C11H16ClN. The monoisotopic (exact) mass is 197 g/mol. The minimum absolute atomic E-state index is 0.576. The number of nitrogens with zero attached hydrogens (tertiary/aromatic N) is 1. The van der Waals surface area contributed by atoms with Gasteiger partial charge in [0.15, 0.2) is 0 Å². The van der Waals surface area contributed by atoms with Gasteiger partial charge < -0.3 is 0 Å². The van der Waals surface area contributed by atoms with Crippen LogP contribution in [-0.4, -0.2) is 4.98 Å². The second-order valence-electron chi connectivity index (χ2n) is 3.78. The van der Waals surface area contributed by atoms with E-state index in [1.807, 2.05) is 12.3 Å². The van der Waals surface area contributed by atoms with E-state index in [1.165, 1.54) is 18.4 Å². The molecule has 0 unspecified atom stereocenters. The Morgan fingerprint density at radius 1 is 1.38 bits per heavy atom. The molecule has 0 aliphatic heterocycles. The minimum atomic E-state index is 0.576. The Bertz CT molecular complexity index is 241. The van der Waals surface area contributed by atoms with Gasteiger partial charge in [0.05, 0.1) is 0 Å². The van der Waals surface area contributed by atoms with E-state index in [4.69, 9.17) is 11.6 Å². The molecule has 1 heterocycles. The molecule has 0 amide bonds. The van der Waals surface area contributed by atoms with Gasteiger partial charge in [-0.3, -0.25) is 0 Å². The lowest BCUT2D eigenvalue weighted by atomic mass is 10.0. The number of hydrogen-bond acceptors (Lipinski definition) is 1. The highest BCUT2D eigenvalue weighted by Gasteiger charge is 1.96. The molecular weight excluding hydrogens is 182 g/mol. The summed E-state index contributed by atoms with van der Waals surface area (Å²) in [6.07, 6.45) is 5.49. The standard InChI is InChI=1S/C11H16ClN/c1-9(2)4-3-5-10-6-7-11(12)13-8-10/h6-9H,3-5H2,1-2H3. The maximum absolute atomic E-state index is 5.69. The lowest BCUT2D eigenvalue weighted by molar-refractivity contribution is 0.555. The van der Waals surface area contributed by atoms with Crippen molar-refractivity contribution < 1.29 is 0 Å². The fraction of sp³-hybridized carbons (Fsp3) is 0.545. The third kappa shape index (κ3) is 4.28. The lowest BCUT2D eigenvalue weighted by Crippen LogP contribution is -1.91. The average molecular weight is 198 g/mol. The van der Waals surface area contributed by atoms with Gasteiger partial charge in [-0.15, -0.1) is 0 Å². The Morgan fingerprint density at radius 3 is 2.69 bits per heavy atom. The summed E-state index contributed by atoms with van der Waals surface area (Å²) in [5, 5.41) is 0.576. The largest absolute Gasteiger partial charge is 0.244 e. The molecule has 0 atom stereocenters. The normalized spacial score (nSPS) is 10.8. The molecule has 0 aliphatic carbocycles. The van der Waals surface area contributed by atoms with Crippen LogP contribution in [0, 0.1) is 5.92 Å². The fourth-order valence-corrected chi connectivity index (χ4v) is 1.38. The highest BCUT2D eigenvalue weighted by atomic mass is 35.5. The van der Waals surface area contributed by atoms with Crippen molar-refractivity contribution in [2.24, 2.45) is 5.92 Å². The number of hydrogen-bond donors (Lipinski definition) is 0. The van der Waals surface area contributed by atoms with Crippen LogP contribution in [0.15, 0.2) is 18.3 Å². The van der Waals surface area contributed by atoms with Crippen LogP contribution in [0.5, 0.6) is 0 Å². The van der Waals surface area contributed by atoms with E-state index in [9.17, 15) is 0 Å². The molecule has 72 valence electrons. The maximum atomic E-state index is 5.69.